The van der Waals surface area contributed by atoms with Crippen LogP contribution in [0.15, 0.2) is 28.6 Å². The number of aromatic nitrogens is 4. The highest BCUT2D eigenvalue weighted by molar-refractivity contribution is 7.99. The molecule has 92 valence electrons. The van der Waals surface area contributed by atoms with Crippen LogP contribution in [0.25, 0.3) is 0 Å². The van der Waals surface area contributed by atoms with E-state index in [2.05, 4.69) is 20.2 Å². The third kappa shape index (κ3) is 2.45. The number of nitrogens with zero attached hydrogens (tertiary/aromatic N) is 4. The molecule has 2 aromatic heterocycles. The van der Waals surface area contributed by atoms with Gasteiger partial charge in [-0.05, 0) is 31.2 Å². The van der Waals surface area contributed by atoms with E-state index in [0.29, 0.717) is 21.3 Å². The van der Waals surface area contributed by atoms with E-state index in [1.807, 2.05) is 0 Å². The Morgan fingerprint density at radius 1 is 1.28 bits per heavy atom. The predicted molar refractivity (Wildman–Crippen MR) is 64.6 cm³/mol. The molecule has 0 amide bonds. The van der Waals surface area contributed by atoms with E-state index < -0.39 is 5.97 Å². The van der Waals surface area contributed by atoms with Crippen LogP contribution in [0.4, 0.5) is 0 Å². The Labute approximate surface area is 108 Å². The normalized spacial score (nSPS) is 10.3. The van der Waals surface area contributed by atoms with Crippen LogP contribution in [0, 0.1) is 13.8 Å². The average Bonchev–Trinajstić information content (AvgIpc) is 2.35. The molecular formula is C11H10N4O2S. The second-order valence-corrected chi connectivity index (χ2v) is 4.55. The maximum Gasteiger partial charge on any atom is 0.338 e. The van der Waals surface area contributed by atoms with E-state index >= 15 is 0 Å². The first-order valence-corrected chi connectivity index (χ1v) is 5.92. The summed E-state index contributed by atoms with van der Waals surface area (Å²) in [5.41, 5.74) is 1.39. The van der Waals surface area contributed by atoms with Crippen molar-refractivity contribution < 1.29 is 9.90 Å². The van der Waals surface area contributed by atoms with E-state index in [1.165, 1.54) is 6.20 Å². The second kappa shape index (κ2) is 5.09. The molecule has 0 radical (unpaired) electrons. The first-order valence-electron chi connectivity index (χ1n) is 5.10. The molecule has 0 saturated carbocycles. The van der Waals surface area contributed by atoms with E-state index in [-0.39, 0.29) is 5.56 Å². The Bertz CT molecular complexity index is 589. The van der Waals surface area contributed by atoms with Gasteiger partial charge in [-0.3, -0.25) is 4.98 Å². The molecule has 18 heavy (non-hydrogen) atoms. The van der Waals surface area contributed by atoms with Gasteiger partial charge in [0.25, 0.3) is 0 Å². The van der Waals surface area contributed by atoms with Crippen LogP contribution in [0.2, 0.25) is 0 Å². The van der Waals surface area contributed by atoms with Gasteiger partial charge >= 0.3 is 5.97 Å². The molecule has 0 aromatic carbocycles. The summed E-state index contributed by atoms with van der Waals surface area (Å²) >= 11 is 1.14. The fourth-order valence-corrected chi connectivity index (χ4v) is 2.20. The van der Waals surface area contributed by atoms with Crippen LogP contribution in [-0.4, -0.2) is 31.2 Å². The summed E-state index contributed by atoms with van der Waals surface area (Å²) < 4.78 is 0. The van der Waals surface area contributed by atoms with Crippen molar-refractivity contribution in [3.8, 4) is 0 Å². The largest absolute Gasteiger partial charge is 0.478 e. The highest BCUT2D eigenvalue weighted by atomic mass is 32.2. The highest BCUT2D eigenvalue weighted by Crippen LogP contribution is 2.28. The van der Waals surface area contributed by atoms with Crippen molar-refractivity contribution in [2.45, 2.75) is 23.9 Å². The summed E-state index contributed by atoms with van der Waals surface area (Å²) in [6.07, 6.45) is 4.64. The number of carboxylic acid groups (broad SMARTS) is 1. The van der Waals surface area contributed by atoms with E-state index in [0.717, 1.165) is 11.8 Å². The third-order valence-electron chi connectivity index (χ3n) is 2.38. The van der Waals surface area contributed by atoms with Gasteiger partial charge in [0.05, 0.1) is 17.5 Å². The Kier molecular flexibility index (Phi) is 3.52. The summed E-state index contributed by atoms with van der Waals surface area (Å²) in [4.78, 5) is 19.3. The Hall–Kier alpha value is -2.02. The highest BCUT2D eigenvalue weighted by Gasteiger charge is 2.18. The van der Waals surface area contributed by atoms with Crippen LogP contribution in [0.3, 0.4) is 0 Å². The number of carbonyl (C=O) groups is 1. The van der Waals surface area contributed by atoms with Crippen LogP contribution < -0.4 is 0 Å². The topological polar surface area (TPSA) is 88.9 Å². The molecule has 2 aromatic rings. The first-order chi connectivity index (χ1) is 8.59. The SMILES string of the molecule is Cc1nnc(Sc2cnccn2)c(C(=O)O)c1C. The molecule has 0 spiro atoms. The third-order valence-corrected chi connectivity index (χ3v) is 3.28. The molecule has 2 heterocycles. The van der Waals surface area contributed by atoms with Crippen molar-refractivity contribution in [3.05, 3.63) is 35.4 Å². The molecule has 6 nitrogen and oxygen atoms in total. The fraction of sp³-hybridized carbons (Fsp3) is 0.182. The minimum atomic E-state index is -1.02. The van der Waals surface area contributed by atoms with Gasteiger partial charge in [-0.15, -0.1) is 5.10 Å². The molecule has 1 N–H and O–H groups in total. The lowest BCUT2D eigenvalue weighted by molar-refractivity contribution is 0.0690. The molecule has 0 fully saturated rings. The average molecular weight is 262 g/mol. The second-order valence-electron chi connectivity index (χ2n) is 3.54. The standard InChI is InChI=1S/C11H10N4O2S/c1-6-7(2)14-15-10(9(6)11(16)17)18-8-5-12-3-4-13-8/h3-5H,1-2H3,(H,16,17). The zero-order valence-electron chi connectivity index (χ0n) is 9.78. The molecule has 0 saturated heterocycles. The number of aryl methyl sites for hydroxylation is 1. The van der Waals surface area contributed by atoms with Gasteiger partial charge in [0.15, 0.2) is 0 Å². The molecule has 7 heteroatoms. The Morgan fingerprint density at radius 3 is 2.67 bits per heavy atom. The summed E-state index contributed by atoms with van der Waals surface area (Å²) in [5.74, 6) is -1.02. The van der Waals surface area contributed by atoms with Gasteiger partial charge < -0.3 is 5.11 Å². The van der Waals surface area contributed by atoms with Gasteiger partial charge in [-0.1, -0.05) is 0 Å². The fourth-order valence-electron chi connectivity index (χ4n) is 1.35. The minimum absolute atomic E-state index is 0.165. The molecule has 0 aliphatic carbocycles. The van der Waals surface area contributed by atoms with Crippen LogP contribution >= 0.6 is 11.8 Å². The van der Waals surface area contributed by atoms with Crippen molar-refractivity contribution in [2.75, 3.05) is 0 Å². The summed E-state index contributed by atoms with van der Waals surface area (Å²) in [6, 6.07) is 0. The van der Waals surface area contributed by atoms with E-state index in [9.17, 15) is 9.90 Å². The summed E-state index contributed by atoms with van der Waals surface area (Å²) in [5, 5.41) is 18.0. The number of aromatic carboxylic acids is 1. The first kappa shape index (κ1) is 12.4. The molecule has 0 aliphatic rings. The molecule has 0 aliphatic heterocycles. The van der Waals surface area contributed by atoms with Crippen molar-refractivity contribution >= 4 is 17.7 Å². The monoisotopic (exact) mass is 262 g/mol. The maximum absolute atomic E-state index is 11.3. The van der Waals surface area contributed by atoms with E-state index in [4.69, 9.17) is 0 Å². The number of rotatable bonds is 3. The number of hydrogen-bond acceptors (Lipinski definition) is 6. The zero-order valence-corrected chi connectivity index (χ0v) is 10.6. The summed E-state index contributed by atoms with van der Waals surface area (Å²) in [6.45, 7) is 3.44. The van der Waals surface area contributed by atoms with Crippen LogP contribution in [-0.2, 0) is 0 Å². The predicted octanol–water partition coefficient (Wildman–Crippen LogP) is 1.73. The lowest BCUT2D eigenvalue weighted by atomic mass is 10.1. The van der Waals surface area contributed by atoms with E-state index in [1.54, 1.807) is 26.2 Å². The maximum atomic E-state index is 11.3. The van der Waals surface area contributed by atoms with Gasteiger partial charge in [0, 0.05) is 12.4 Å². The van der Waals surface area contributed by atoms with Gasteiger partial charge in [0.1, 0.15) is 10.1 Å². The van der Waals surface area contributed by atoms with Crippen molar-refractivity contribution in [3.63, 3.8) is 0 Å². The van der Waals surface area contributed by atoms with Crippen molar-refractivity contribution in [1.82, 2.24) is 20.2 Å². The molecule has 0 bridgehead atoms. The lowest BCUT2D eigenvalue weighted by Gasteiger charge is -2.07. The molecule has 2 rings (SSSR count). The van der Waals surface area contributed by atoms with Gasteiger partial charge in [0.2, 0.25) is 0 Å². The summed E-state index contributed by atoms with van der Waals surface area (Å²) in [7, 11) is 0. The lowest BCUT2D eigenvalue weighted by Crippen LogP contribution is -2.08. The number of carboxylic acids is 1. The van der Waals surface area contributed by atoms with Gasteiger partial charge in [-0.25, -0.2) is 9.78 Å². The van der Waals surface area contributed by atoms with Crippen molar-refractivity contribution in [2.24, 2.45) is 0 Å². The Morgan fingerprint density at radius 2 is 2.06 bits per heavy atom. The molecular weight excluding hydrogens is 252 g/mol. The Balaban J connectivity index is 2.45. The smallest absolute Gasteiger partial charge is 0.338 e. The zero-order chi connectivity index (χ0) is 13.1. The van der Waals surface area contributed by atoms with Crippen LogP contribution in [0.1, 0.15) is 21.6 Å². The van der Waals surface area contributed by atoms with Crippen molar-refractivity contribution in [1.29, 1.82) is 0 Å². The van der Waals surface area contributed by atoms with Gasteiger partial charge in [-0.2, -0.15) is 5.10 Å². The minimum Gasteiger partial charge on any atom is -0.478 e. The molecule has 0 atom stereocenters. The quantitative estimate of drug-likeness (QED) is 0.900. The number of hydrogen-bond donors (Lipinski definition) is 1. The molecule has 0 unspecified atom stereocenters. The van der Waals surface area contributed by atoms with Crippen LogP contribution in [0.5, 0.6) is 0 Å².